The number of hydrogen-bond donors (Lipinski definition) is 2. The van der Waals surface area contributed by atoms with Gasteiger partial charge >= 0.3 is 0 Å². The highest BCUT2D eigenvalue weighted by Crippen LogP contribution is 2.24. The van der Waals surface area contributed by atoms with Gasteiger partial charge in [-0.3, -0.25) is 11.3 Å². The van der Waals surface area contributed by atoms with E-state index in [4.69, 9.17) is 15.3 Å². The van der Waals surface area contributed by atoms with Crippen LogP contribution in [0.5, 0.6) is 5.75 Å². The van der Waals surface area contributed by atoms with Crippen molar-refractivity contribution in [3.05, 3.63) is 29.8 Å². The van der Waals surface area contributed by atoms with E-state index < -0.39 is 0 Å². The lowest BCUT2D eigenvalue weighted by molar-refractivity contribution is 0.145. The Bertz CT molecular complexity index is 345. The van der Waals surface area contributed by atoms with Gasteiger partial charge < -0.3 is 14.4 Å². The molecule has 0 bridgehead atoms. The monoisotopic (exact) mass is 253 g/mol. The predicted octanol–water partition coefficient (Wildman–Crippen LogP) is 0.778. The van der Waals surface area contributed by atoms with Crippen molar-refractivity contribution in [2.75, 3.05) is 41.0 Å². The molecule has 5 heteroatoms. The van der Waals surface area contributed by atoms with Crippen LogP contribution in [0.2, 0.25) is 0 Å². The van der Waals surface area contributed by atoms with E-state index in [1.54, 1.807) is 7.11 Å². The summed E-state index contributed by atoms with van der Waals surface area (Å²) in [6, 6.07) is 7.95. The standard InChI is InChI=1S/C13H23N3O2/c1-16(2)10-12(15-14)11-6-4-5-7-13(11)18-9-8-17-3/h4-7,12,15H,8-10,14H2,1-3H3. The van der Waals surface area contributed by atoms with Crippen LogP contribution in [0.4, 0.5) is 0 Å². The molecule has 0 aliphatic heterocycles. The number of nitrogens with zero attached hydrogens (tertiary/aromatic N) is 1. The number of rotatable bonds is 8. The summed E-state index contributed by atoms with van der Waals surface area (Å²) in [6.45, 7) is 1.91. The molecule has 1 aromatic rings. The van der Waals surface area contributed by atoms with Gasteiger partial charge in [0.15, 0.2) is 0 Å². The minimum absolute atomic E-state index is 0.0405. The smallest absolute Gasteiger partial charge is 0.124 e. The van der Waals surface area contributed by atoms with Gasteiger partial charge in [-0.2, -0.15) is 0 Å². The molecule has 0 heterocycles. The van der Waals surface area contributed by atoms with Crippen molar-refractivity contribution in [3.63, 3.8) is 0 Å². The average molecular weight is 253 g/mol. The maximum Gasteiger partial charge on any atom is 0.124 e. The molecule has 0 fully saturated rings. The topological polar surface area (TPSA) is 59.8 Å². The summed E-state index contributed by atoms with van der Waals surface area (Å²) in [5.41, 5.74) is 3.89. The van der Waals surface area contributed by atoms with Crippen molar-refractivity contribution in [1.29, 1.82) is 0 Å². The van der Waals surface area contributed by atoms with Crippen molar-refractivity contribution >= 4 is 0 Å². The Balaban J connectivity index is 2.78. The summed E-state index contributed by atoms with van der Waals surface area (Å²) in [5.74, 6) is 6.47. The van der Waals surface area contributed by atoms with Crippen LogP contribution in [0.3, 0.4) is 0 Å². The molecule has 0 saturated carbocycles. The first-order chi connectivity index (χ1) is 8.69. The van der Waals surface area contributed by atoms with Gasteiger partial charge in [-0.05, 0) is 20.2 Å². The van der Waals surface area contributed by atoms with E-state index in [1.165, 1.54) is 0 Å². The summed E-state index contributed by atoms with van der Waals surface area (Å²) >= 11 is 0. The van der Waals surface area contributed by atoms with Crippen LogP contribution in [0, 0.1) is 0 Å². The second-order valence-electron chi connectivity index (χ2n) is 4.36. The van der Waals surface area contributed by atoms with Crippen LogP contribution in [0.15, 0.2) is 24.3 Å². The molecule has 1 rings (SSSR count). The van der Waals surface area contributed by atoms with Crippen LogP contribution in [0.25, 0.3) is 0 Å². The number of nitrogens with two attached hydrogens (primary N) is 1. The summed E-state index contributed by atoms with van der Waals surface area (Å²) in [7, 11) is 5.68. The molecule has 0 aliphatic rings. The SMILES string of the molecule is COCCOc1ccccc1C(CN(C)C)NN. The number of likely N-dealkylation sites (N-methyl/N-ethyl adjacent to an activating group) is 1. The van der Waals surface area contributed by atoms with Crippen molar-refractivity contribution < 1.29 is 9.47 Å². The molecule has 0 aliphatic carbocycles. The first kappa shape index (κ1) is 14.9. The van der Waals surface area contributed by atoms with Gasteiger partial charge in [0.25, 0.3) is 0 Å². The normalized spacial score (nSPS) is 12.7. The van der Waals surface area contributed by atoms with Crippen LogP contribution >= 0.6 is 0 Å². The third-order valence-corrected chi connectivity index (χ3v) is 2.59. The summed E-state index contributed by atoms with van der Waals surface area (Å²) in [5, 5.41) is 0. The fourth-order valence-corrected chi connectivity index (χ4v) is 1.74. The van der Waals surface area contributed by atoms with E-state index in [0.717, 1.165) is 17.9 Å². The first-order valence-corrected chi connectivity index (χ1v) is 6.00. The Kier molecular flexibility index (Phi) is 6.67. The average Bonchev–Trinajstić information content (AvgIpc) is 2.37. The van der Waals surface area contributed by atoms with Crippen LogP contribution in [0.1, 0.15) is 11.6 Å². The molecule has 0 amide bonds. The van der Waals surface area contributed by atoms with Crippen LogP contribution in [-0.2, 0) is 4.74 Å². The molecule has 0 aromatic heterocycles. The number of nitrogens with one attached hydrogen (secondary N) is 1. The number of para-hydroxylation sites is 1. The highest BCUT2D eigenvalue weighted by Gasteiger charge is 2.15. The molecule has 0 spiro atoms. The zero-order valence-corrected chi connectivity index (χ0v) is 11.3. The third-order valence-electron chi connectivity index (χ3n) is 2.59. The van der Waals surface area contributed by atoms with E-state index in [0.29, 0.717) is 13.2 Å². The predicted molar refractivity (Wildman–Crippen MR) is 72.4 cm³/mol. The summed E-state index contributed by atoms with van der Waals surface area (Å²) in [6.07, 6.45) is 0. The molecule has 1 aromatic carbocycles. The Labute approximate surface area is 109 Å². The van der Waals surface area contributed by atoms with Gasteiger partial charge in [0.1, 0.15) is 12.4 Å². The maximum atomic E-state index is 5.70. The Morgan fingerprint density at radius 3 is 2.61 bits per heavy atom. The molecule has 0 radical (unpaired) electrons. The van der Waals surface area contributed by atoms with E-state index in [2.05, 4.69) is 10.3 Å². The van der Waals surface area contributed by atoms with Crippen molar-refractivity contribution in [2.45, 2.75) is 6.04 Å². The second-order valence-corrected chi connectivity index (χ2v) is 4.36. The maximum absolute atomic E-state index is 5.70. The molecular formula is C13H23N3O2. The van der Waals surface area contributed by atoms with E-state index in [1.807, 2.05) is 38.4 Å². The minimum Gasteiger partial charge on any atom is -0.491 e. The molecule has 0 saturated heterocycles. The molecule has 18 heavy (non-hydrogen) atoms. The second kappa shape index (κ2) is 8.05. The highest BCUT2D eigenvalue weighted by atomic mass is 16.5. The van der Waals surface area contributed by atoms with Gasteiger partial charge in [0, 0.05) is 19.2 Å². The molecule has 5 nitrogen and oxygen atoms in total. The number of hydrogen-bond acceptors (Lipinski definition) is 5. The fraction of sp³-hybridized carbons (Fsp3) is 0.538. The Hall–Kier alpha value is -1.14. The lowest BCUT2D eigenvalue weighted by Gasteiger charge is -2.22. The van der Waals surface area contributed by atoms with Gasteiger partial charge in [-0.1, -0.05) is 18.2 Å². The minimum atomic E-state index is 0.0405. The van der Waals surface area contributed by atoms with Crippen LogP contribution in [-0.4, -0.2) is 45.9 Å². The number of methoxy groups -OCH3 is 1. The van der Waals surface area contributed by atoms with E-state index in [9.17, 15) is 0 Å². The quantitative estimate of drug-likeness (QED) is 0.407. The summed E-state index contributed by atoms with van der Waals surface area (Å²) in [4.78, 5) is 2.08. The molecule has 3 N–H and O–H groups in total. The van der Waals surface area contributed by atoms with Crippen molar-refractivity contribution in [1.82, 2.24) is 10.3 Å². The van der Waals surface area contributed by atoms with Crippen molar-refractivity contribution in [3.8, 4) is 5.75 Å². The lowest BCUT2D eigenvalue weighted by Crippen LogP contribution is -2.35. The van der Waals surface area contributed by atoms with E-state index >= 15 is 0 Å². The van der Waals surface area contributed by atoms with E-state index in [-0.39, 0.29) is 6.04 Å². The Morgan fingerprint density at radius 1 is 1.28 bits per heavy atom. The molecule has 1 atom stereocenters. The number of ether oxygens (including phenoxy) is 2. The molecule has 102 valence electrons. The Morgan fingerprint density at radius 2 is 2.00 bits per heavy atom. The zero-order chi connectivity index (χ0) is 13.4. The largest absolute Gasteiger partial charge is 0.491 e. The zero-order valence-electron chi connectivity index (χ0n) is 11.3. The first-order valence-electron chi connectivity index (χ1n) is 6.00. The highest BCUT2D eigenvalue weighted by molar-refractivity contribution is 5.36. The van der Waals surface area contributed by atoms with Crippen LogP contribution < -0.4 is 16.0 Å². The third kappa shape index (κ3) is 4.62. The molecular weight excluding hydrogens is 230 g/mol. The van der Waals surface area contributed by atoms with Gasteiger partial charge in [0.2, 0.25) is 0 Å². The van der Waals surface area contributed by atoms with Gasteiger partial charge in [-0.25, -0.2) is 0 Å². The molecule has 1 unspecified atom stereocenters. The van der Waals surface area contributed by atoms with Gasteiger partial charge in [-0.15, -0.1) is 0 Å². The van der Waals surface area contributed by atoms with Gasteiger partial charge in [0.05, 0.1) is 12.6 Å². The lowest BCUT2D eigenvalue weighted by atomic mass is 10.1. The fourth-order valence-electron chi connectivity index (χ4n) is 1.74. The van der Waals surface area contributed by atoms with Crippen molar-refractivity contribution in [2.24, 2.45) is 5.84 Å². The number of benzene rings is 1. The summed E-state index contributed by atoms with van der Waals surface area (Å²) < 4.78 is 10.7. The number of hydrazine groups is 1.